The molecule has 0 bridgehead atoms. The SMILES string of the molecule is CN(CC1CC(=O)N(C2CCCC2)C1)c1nnc(N)s1. The van der Waals surface area contributed by atoms with E-state index in [9.17, 15) is 4.79 Å². The normalized spacial score (nSPS) is 23.8. The van der Waals surface area contributed by atoms with Crippen molar-refractivity contribution in [2.24, 2.45) is 5.92 Å². The standard InChI is InChI=1S/C13H21N5OS/c1-17(13-16-15-12(14)20-13)7-9-6-11(19)18(8-9)10-4-2-3-5-10/h9-10H,2-8H2,1H3,(H2,14,15). The van der Waals surface area contributed by atoms with Crippen LogP contribution in [0.4, 0.5) is 10.3 Å². The highest BCUT2D eigenvalue weighted by Crippen LogP contribution is 2.30. The van der Waals surface area contributed by atoms with E-state index in [1.807, 2.05) is 7.05 Å². The van der Waals surface area contributed by atoms with Crippen LogP contribution in [0.15, 0.2) is 0 Å². The van der Waals surface area contributed by atoms with Gasteiger partial charge in [0.2, 0.25) is 16.2 Å². The maximum absolute atomic E-state index is 12.2. The number of rotatable bonds is 4. The fourth-order valence-corrected chi connectivity index (χ4v) is 3.93. The number of nitrogens with zero attached hydrogens (tertiary/aromatic N) is 4. The summed E-state index contributed by atoms with van der Waals surface area (Å²) in [7, 11) is 1.99. The van der Waals surface area contributed by atoms with Crippen LogP contribution in [0.2, 0.25) is 0 Å². The molecule has 2 N–H and O–H groups in total. The Morgan fingerprint density at radius 2 is 2.15 bits per heavy atom. The lowest BCUT2D eigenvalue weighted by Crippen LogP contribution is -2.35. The first-order chi connectivity index (χ1) is 9.63. The number of hydrogen-bond donors (Lipinski definition) is 1. The first-order valence-corrected chi connectivity index (χ1v) is 8.04. The molecule has 1 aliphatic carbocycles. The van der Waals surface area contributed by atoms with E-state index in [-0.39, 0.29) is 0 Å². The van der Waals surface area contributed by atoms with Gasteiger partial charge in [0.1, 0.15) is 0 Å². The summed E-state index contributed by atoms with van der Waals surface area (Å²) in [5, 5.41) is 9.19. The van der Waals surface area contributed by atoms with Crippen LogP contribution in [0.25, 0.3) is 0 Å². The number of likely N-dealkylation sites (tertiary alicyclic amines) is 1. The molecule has 2 aliphatic rings. The van der Waals surface area contributed by atoms with E-state index in [0.717, 1.165) is 18.2 Å². The summed E-state index contributed by atoms with van der Waals surface area (Å²) < 4.78 is 0. The number of anilines is 2. The van der Waals surface area contributed by atoms with Crippen LogP contribution in [0.1, 0.15) is 32.1 Å². The third-order valence-electron chi connectivity index (χ3n) is 4.29. The average Bonchev–Trinajstić information content (AvgIpc) is 3.10. The highest BCUT2D eigenvalue weighted by molar-refractivity contribution is 7.18. The highest BCUT2D eigenvalue weighted by atomic mass is 32.1. The summed E-state index contributed by atoms with van der Waals surface area (Å²) in [6.45, 7) is 1.73. The molecule has 0 spiro atoms. The van der Waals surface area contributed by atoms with Crippen LogP contribution in [0.3, 0.4) is 0 Å². The summed E-state index contributed by atoms with van der Waals surface area (Å²) >= 11 is 1.39. The van der Waals surface area contributed by atoms with Crippen LogP contribution in [-0.2, 0) is 4.79 Å². The molecule has 6 nitrogen and oxygen atoms in total. The van der Waals surface area contributed by atoms with Gasteiger partial charge in [-0.25, -0.2) is 0 Å². The van der Waals surface area contributed by atoms with E-state index in [0.29, 0.717) is 29.4 Å². The van der Waals surface area contributed by atoms with Gasteiger partial charge in [0.05, 0.1) is 0 Å². The Bertz CT molecular complexity index is 485. The number of nitrogens with two attached hydrogens (primary N) is 1. The number of aromatic nitrogens is 2. The van der Waals surface area contributed by atoms with Crippen molar-refractivity contribution in [3.63, 3.8) is 0 Å². The van der Waals surface area contributed by atoms with Crippen LogP contribution in [-0.4, -0.2) is 47.2 Å². The minimum absolute atomic E-state index is 0.326. The van der Waals surface area contributed by atoms with Gasteiger partial charge in [0, 0.05) is 38.5 Å². The van der Waals surface area contributed by atoms with Gasteiger partial charge in [-0.1, -0.05) is 24.2 Å². The van der Waals surface area contributed by atoms with Gasteiger partial charge in [-0.2, -0.15) is 0 Å². The Labute approximate surface area is 123 Å². The molecule has 3 rings (SSSR count). The van der Waals surface area contributed by atoms with Gasteiger partial charge in [-0.05, 0) is 12.8 Å². The predicted octanol–water partition coefficient (Wildman–Crippen LogP) is 1.35. The van der Waals surface area contributed by atoms with Crippen molar-refractivity contribution in [1.82, 2.24) is 15.1 Å². The lowest BCUT2D eigenvalue weighted by molar-refractivity contribution is -0.129. The molecule has 1 aliphatic heterocycles. The van der Waals surface area contributed by atoms with Gasteiger partial charge in [0.15, 0.2) is 0 Å². The first-order valence-electron chi connectivity index (χ1n) is 7.23. The van der Waals surface area contributed by atoms with Gasteiger partial charge in [-0.15, -0.1) is 10.2 Å². The van der Waals surface area contributed by atoms with E-state index >= 15 is 0 Å². The Hall–Kier alpha value is -1.37. The molecular weight excluding hydrogens is 274 g/mol. The summed E-state index contributed by atoms with van der Waals surface area (Å²) in [4.78, 5) is 16.3. The van der Waals surface area contributed by atoms with Crippen LogP contribution in [0.5, 0.6) is 0 Å². The minimum Gasteiger partial charge on any atom is -0.374 e. The summed E-state index contributed by atoms with van der Waals surface area (Å²) in [5.41, 5.74) is 5.61. The van der Waals surface area contributed by atoms with Crippen LogP contribution in [0, 0.1) is 5.92 Å². The largest absolute Gasteiger partial charge is 0.374 e. The predicted molar refractivity (Wildman–Crippen MR) is 79.7 cm³/mol. The molecule has 1 atom stereocenters. The first kappa shape index (κ1) is 13.6. The second-order valence-electron chi connectivity index (χ2n) is 5.86. The van der Waals surface area contributed by atoms with E-state index < -0.39 is 0 Å². The Morgan fingerprint density at radius 3 is 2.80 bits per heavy atom. The van der Waals surface area contributed by atoms with Crippen molar-refractivity contribution >= 4 is 27.5 Å². The number of nitrogen functional groups attached to an aromatic ring is 1. The monoisotopic (exact) mass is 295 g/mol. The molecule has 20 heavy (non-hydrogen) atoms. The van der Waals surface area contributed by atoms with E-state index in [1.165, 1.54) is 37.0 Å². The van der Waals surface area contributed by atoms with Crippen molar-refractivity contribution in [2.75, 3.05) is 30.8 Å². The van der Waals surface area contributed by atoms with Gasteiger partial charge in [0.25, 0.3) is 0 Å². The van der Waals surface area contributed by atoms with Crippen LogP contribution < -0.4 is 10.6 Å². The fraction of sp³-hybridized carbons (Fsp3) is 0.769. The summed E-state index contributed by atoms with van der Waals surface area (Å²) in [5.74, 6) is 0.713. The molecule has 1 amide bonds. The smallest absolute Gasteiger partial charge is 0.223 e. The molecule has 2 fully saturated rings. The molecule has 110 valence electrons. The molecule has 1 aromatic heterocycles. The number of amides is 1. The summed E-state index contributed by atoms with van der Waals surface area (Å²) in [6.07, 6.45) is 5.56. The average molecular weight is 295 g/mol. The second kappa shape index (κ2) is 5.55. The Balaban J connectivity index is 1.57. The van der Waals surface area contributed by atoms with Crippen molar-refractivity contribution < 1.29 is 4.79 Å². The molecule has 1 saturated carbocycles. The third kappa shape index (κ3) is 2.72. The van der Waals surface area contributed by atoms with Gasteiger partial charge in [-0.3, -0.25) is 4.79 Å². The Kier molecular flexibility index (Phi) is 3.78. The van der Waals surface area contributed by atoms with Crippen molar-refractivity contribution in [3.05, 3.63) is 0 Å². The zero-order valence-corrected chi connectivity index (χ0v) is 12.6. The molecule has 0 aromatic carbocycles. The zero-order valence-electron chi connectivity index (χ0n) is 11.8. The van der Waals surface area contributed by atoms with Crippen molar-refractivity contribution in [3.8, 4) is 0 Å². The molecule has 0 radical (unpaired) electrons. The maximum atomic E-state index is 12.2. The molecular formula is C13H21N5OS. The molecule has 1 aromatic rings. The maximum Gasteiger partial charge on any atom is 0.223 e. The van der Waals surface area contributed by atoms with Crippen LogP contribution >= 0.6 is 11.3 Å². The molecule has 1 unspecified atom stereocenters. The summed E-state index contributed by atoms with van der Waals surface area (Å²) in [6, 6.07) is 0.495. The van der Waals surface area contributed by atoms with E-state index in [4.69, 9.17) is 5.73 Å². The van der Waals surface area contributed by atoms with E-state index in [1.54, 1.807) is 0 Å². The van der Waals surface area contributed by atoms with E-state index in [2.05, 4.69) is 20.0 Å². The lowest BCUT2D eigenvalue weighted by Gasteiger charge is -2.25. The quantitative estimate of drug-likeness (QED) is 0.907. The molecule has 2 heterocycles. The van der Waals surface area contributed by atoms with Crippen molar-refractivity contribution in [2.45, 2.75) is 38.1 Å². The van der Waals surface area contributed by atoms with Gasteiger partial charge < -0.3 is 15.5 Å². The van der Waals surface area contributed by atoms with Gasteiger partial charge >= 0.3 is 0 Å². The van der Waals surface area contributed by atoms with Crippen molar-refractivity contribution in [1.29, 1.82) is 0 Å². The minimum atomic E-state index is 0.326. The number of hydrogen-bond acceptors (Lipinski definition) is 6. The molecule has 7 heteroatoms. The highest BCUT2D eigenvalue weighted by Gasteiger charge is 2.35. The Morgan fingerprint density at radius 1 is 1.40 bits per heavy atom. The topological polar surface area (TPSA) is 75.4 Å². The molecule has 1 saturated heterocycles. The number of carbonyl (C=O) groups excluding carboxylic acids is 1. The zero-order chi connectivity index (χ0) is 14.1. The second-order valence-corrected chi connectivity index (χ2v) is 6.85. The number of carbonyl (C=O) groups is 1. The fourth-order valence-electron chi connectivity index (χ4n) is 3.35. The third-order valence-corrected chi connectivity index (χ3v) is 5.16. The lowest BCUT2D eigenvalue weighted by atomic mass is 10.1.